The predicted molar refractivity (Wildman–Crippen MR) is 203 cm³/mol. The molecule has 3 aliphatic rings. The molecule has 11 nitrogen and oxygen atoms in total. The second-order valence-electron chi connectivity index (χ2n) is 13.5. The smallest absolute Gasteiger partial charge is 0.326 e. The Morgan fingerprint density at radius 1 is 0.846 bits per heavy atom. The molecular formula is C37H42Cl3N5O6S. The first kappa shape index (κ1) is 38.3. The zero-order chi connectivity index (χ0) is 37.4. The van der Waals surface area contributed by atoms with Crippen molar-refractivity contribution in [2.75, 3.05) is 71.9 Å². The maximum atomic E-state index is 15.2. The van der Waals surface area contributed by atoms with Crippen molar-refractivity contribution in [1.29, 1.82) is 0 Å². The maximum Gasteiger partial charge on any atom is 0.326 e. The molecule has 0 N–H and O–H groups in total. The van der Waals surface area contributed by atoms with Crippen LogP contribution in [-0.4, -0.2) is 118 Å². The molecule has 278 valence electrons. The number of amides is 3. The summed E-state index contributed by atoms with van der Waals surface area (Å²) < 4.78 is 37.5. The van der Waals surface area contributed by atoms with E-state index in [-0.39, 0.29) is 46.6 Å². The number of sulfone groups is 1. The highest BCUT2D eigenvalue weighted by molar-refractivity contribution is 7.90. The standard InChI is InChI=1S/C37H42Cl3N5O6S/c1-5-51-31-23-30(40)32(52(4,48)49)22-29(31)34-41-36(2,25-6-10-27(38)11-7-25)37(3,26-8-12-28(39)13-9-26)45(34)35(47)44-16-14-42(15-17-44)24-33(46)43-18-20-50-21-19-43/h6-13,22-23H,5,14-21,24H2,1-4H3/t36-,37+/m0/s1. The molecule has 52 heavy (non-hydrogen) atoms. The lowest BCUT2D eigenvalue weighted by Gasteiger charge is -2.47. The largest absolute Gasteiger partial charge is 0.493 e. The van der Waals surface area contributed by atoms with Crippen LogP contribution in [-0.2, 0) is 30.4 Å². The molecule has 0 aromatic heterocycles. The van der Waals surface area contributed by atoms with Crippen molar-refractivity contribution in [1.82, 2.24) is 19.6 Å². The molecule has 2 atom stereocenters. The van der Waals surface area contributed by atoms with Gasteiger partial charge in [0, 0.05) is 61.6 Å². The highest BCUT2D eigenvalue weighted by Crippen LogP contribution is 2.54. The Hall–Kier alpha value is -3.39. The molecule has 3 aromatic carbocycles. The number of hydrogen-bond acceptors (Lipinski definition) is 8. The molecule has 0 spiro atoms. The molecule has 2 saturated heterocycles. The van der Waals surface area contributed by atoms with Crippen molar-refractivity contribution in [3.05, 3.63) is 92.4 Å². The summed E-state index contributed by atoms with van der Waals surface area (Å²) in [7, 11) is -3.80. The number of morpholine rings is 1. The number of nitrogens with zero attached hydrogens (tertiary/aromatic N) is 5. The van der Waals surface area contributed by atoms with Gasteiger partial charge in [-0.15, -0.1) is 0 Å². The normalized spacial score (nSPS) is 22.8. The van der Waals surface area contributed by atoms with Gasteiger partial charge >= 0.3 is 6.03 Å². The van der Waals surface area contributed by atoms with Gasteiger partial charge in [0.2, 0.25) is 5.91 Å². The van der Waals surface area contributed by atoms with E-state index in [4.69, 9.17) is 49.3 Å². The zero-order valence-corrected chi connectivity index (χ0v) is 32.7. The first-order valence-electron chi connectivity index (χ1n) is 17.1. The molecule has 0 unspecified atom stereocenters. The third-order valence-electron chi connectivity index (χ3n) is 10.3. The average molecular weight is 791 g/mol. The highest BCUT2D eigenvalue weighted by atomic mass is 35.5. The van der Waals surface area contributed by atoms with E-state index in [9.17, 15) is 13.2 Å². The van der Waals surface area contributed by atoms with E-state index in [1.807, 2.05) is 43.0 Å². The molecule has 6 rings (SSSR count). The van der Waals surface area contributed by atoms with Crippen LogP contribution in [0.25, 0.3) is 0 Å². The summed E-state index contributed by atoms with van der Waals surface area (Å²) in [5.74, 6) is 0.538. The van der Waals surface area contributed by atoms with Crippen LogP contribution >= 0.6 is 34.8 Å². The Morgan fingerprint density at radius 3 is 1.98 bits per heavy atom. The lowest BCUT2D eigenvalue weighted by Crippen LogP contribution is -2.61. The van der Waals surface area contributed by atoms with Gasteiger partial charge in [-0.2, -0.15) is 0 Å². The number of halogens is 3. The topological polar surface area (TPSA) is 112 Å². The molecule has 15 heteroatoms. The van der Waals surface area contributed by atoms with E-state index in [0.717, 1.165) is 17.4 Å². The van der Waals surface area contributed by atoms with Crippen LogP contribution < -0.4 is 4.74 Å². The summed E-state index contributed by atoms with van der Waals surface area (Å²) in [4.78, 5) is 40.8. The van der Waals surface area contributed by atoms with Crippen molar-refractivity contribution < 1.29 is 27.5 Å². The number of amidine groups is 1. The van der Waals surface area contributed by atoms with Crippen LogP contribution in [0.4, 0.5) is 4.79 Å². The van der Waals surface area contributed by atoms with E-state index in [1.54, 1.807) is 41.0 Å². The molecule has 2 fully saturated rings. The second kappa shape index (κ2) is 15.2. The Balaban J connectivity index is 1.48. The number of ether oxygens (including phenoxy) is 2. The molecule has 3 aliphatic heterocycles. The number of hydrogen-bond donors (Lipinski definition) is 0. The third kappa shape index (κ3) is 7.25. The van der Waals surface area contributed by atoms with E-state index in [0.29, 0.717) is 68.1 Å². The monoisotopic (exact) mass is 789 g/mol. The van der Waals surface area contributed by atoms with Gasteiger partial charge in [0.05, 0.1) is 41.8 Å². The Bertz CT molecular complexity index is 1970. The number of carbonyl (C=O) groups excluding carboxylic acids is 2. The quantitative estimate of drug-likeness (QED) is 0.278. The molecule has 3 heterocycles. The van der Waals surface area contributed by atoms with Gasteiger partial charge in [-0.05, 0) is 62.2 Å². The van der Waals surface area contributed by atoms with Gasteiger partial charge in [0.25, 0.3) is 0 Å². The van der Waals surface area contributed by atoms with Gasteiger partial charge in [0.1, 0.15) is 22.7 Å². The third-order valence-corrected chi connectivity index (χ3v) is 12.3. The Kier molecular flexibility index (Phi) is 11.2. The lowest BCUT2D eigenvalue weighted by molar-refractivity contribution is -0.136. The van der Waals surface area contributed by atoms with Crippen LogP contribution in [0.2, 0.25) is 15.1 Å². The summed E-state index contributed by atoms with van der Waals surface area (Å²) in [5.41, 5.74) is -0.532. The first-order valence-corrected chi connectivity index (χ1v) is 20.2. The van der Waals surface area contributed by atoms with Crippen LogP contribution in [0.15, 0.2) is 70.6 Å². The minimum absolute atomic E-state index is 0.00477. The van der Waals surface area contributed by atoms with Crippen LogP contribution in [0, 0.1) is 0 Å². The van der Waals surface area contributed by atoms with Gasteiger partial charge in [0.15, 0.2) is 9.84 Å². The molecule has 0 saturated carbocycles. The summed E-state index contributed by atoms with van der Waals surface area (Å²) in [5, 5.41) is 1.05. The summed E-state index contributed by atoms with van der Waals surface area (Å²) >= 11 is 19.3. The van der Waals surface area contributed by atoms with Gasteiger partial charge < -0.3 is 19.3 Å². The fraction of sp³-hybridized carbons (Fsp3) is 0.432. The molecule has 3 aromatic rings. The summed E-state index contributed by atoms with van der Waals surface area (Å²) in [6, 6.07) is 17.1. The predicted octanol–water partition coefficient (Wildman–Crippen LogP) is 5.94. The zero-order valence-electron chi connectivity index (χ0n) is 29.6. The minimum Gasteiger partial charge on any atom is -0.493 e. The lowest BCUT2D eigenvalue weighted by atomic mass is 9.71. The fourth-order valence-electron chi connectivity index (χ4n) is 7.18. The summed E-state index contributed by atoms with van der Waals surface area (Å²) in [6.45, 7) is 10.1. The second-order valence-corrected chi connectivity index (χ2v) is 16.7. The van der Waals surface area contributed by atoms with Crippen molar-refractivity contribution in [3.63, 3.8) is 0 Å². The molecular weight excluding hydrogens is 749 g/mol. The van der Waals surface area contributed by atoms with Gasteiger partial charge in [-0.3, -0.25) is 19.6 Å². The van der Waals surface area contributed by atoms with Crippen LogP contribution in [0.1, 0.15) is 37.5 Å². The van der Waals surface area contributed by atoms with Gasteiger partial charge in [-0.25, -0.2) is 13.2 Å². The van der Waals surface area contributed by atoms with Crippen molar-refractivity contribution in [2.24, 2.45) is 4.99 Å². The molecule has 3 amide bonds. The van der Waals surface area contributed by atoms with E-state index in [1.165, 1.54) is 12.1 Å². The van der Waals surface area contributed by atoms with Crippen LogP contribution in [0.3, 0.4) is 0 Å². The number of aliphatic imine (C=N–C) groups is 1. The van der Waals surface area contributed by atoms with Crippen LogP contribution in [0.5, 0.6) is 5.75 Å². The molecule has 0 radical (unpaired) electrons. The van der Waals surface area contributed by atoms with E-state index in [2.05, 4.69) is 4.90 Å². The molecule has 0 bridgehead atoms. The first-order chi connectivity index (χ1) is 24.7. The number of rotatable bonds is 8. The minimum atomic E-state index is -3.80. The van der Waals surface area contributed by atoms with Crippen molar-refractivity contribution in [3.8, 4) is 5.75 Å². The highest BCUT2D eigenvalue weighted by Gasteiger charge is 2.60. The number of carbonyl (C=O) groups is 2. The maximum absolute atomic E-state index is 15.2. The van der Waals surface area contributed by atoms with E-state index < -0.39 is 20.9 Å². The SMILES string of the molecule is CCOc1cc(Cl)c(S(C)(=O)=O)cc1C1=N[C@@](C)(c2ccc(Cl)cc2)[C@@](C)(c2ccc(Cl)cc2)N1C(=O)N1CCN(CC(=O)N2CCOCC2)CC1. The summed E-state index contributed by atoms with van der Waals surface area (Å²) in [6.07, 6.45) is 1.08. The Morgan fingerprint density at radius 2 is 1.42 bits per heavy atom. The van der Waals surface area contributed by atoms with Crippen molar-refractivity contribution in [2.45, 2.75) is 36.7 Å². The fourth-order valence-corrected chi connectivity index (χ4v) is 8.75. The van der Waals surface area contributed by atoms with E-state index >= 15 is 4.79 Å². The van der Waals surface area contributed by atoms with Crippen molar-refractivity contribution >= 4 is 62.4 Å². The number of piperazine rings is 1. The Labute approximate surface area is 319 Å². The van der Waals surface area contributed by atoms with Gasteiger partial charge in [-0.1, -0.05) is 59.1 Å². The molecule has 0 aliphatic carbocycles. The average Bonchev–Trinajstić information content (AvgIpc) is 3.36. The number of urea groups is 1. The number of benzene rings is 3.